The highest BCUT2D eigenvalue weighted by atomic mass is 16.5. The van der Waals surface area contributed by atoms with Gasteiger partial charge in [0.2, 0.25) is 0 Å². The molecule has 0 saturated carbocycles. The van der Waals surface area contributed by atoms with Crippen molar-refractivity contribution in [2.75, 3.05) is 18.0 Å². The van der Waals surface area contributed by atoms with Gasteiger partial charge in [-0.3, -0.25) is 0 Å². The second-order valence-corrected chi connectivity index (χ2v) is 6.00. The second-order valence-electron chi connectivity index (χ2n) is 6.00. The Morgan fingerprint density at radius 1 is 1.09 bits per heavy atom. The number of nitrogens with zero attached hydrogens (tertiary/aromatic N) is 5. The molecule has 1 saturated heterocycles. The molecule has 6 heteroatoms. The minimum atomic E-state index is 0.186. The molecule has 23 heavy (non-hydrogen) atoms. The maximum atomic E-state index is 5.84. The standard InChI is InChI=1S/C17H19N5O/c1-12-9-21(10-13(2)23-12)16-8-15(14-6-4-3-5-7-14)20-17-18-11-19-22(16)17/h3-8,11-13H,9-10H2,1-2H3. The summed E-state index contributed by atoms with van der Waals surface area (Å²) in [6, 6.07) is 12.2. The summed E-state index contributed by atoms with van der Waals surface area (Å²) in [5.74, 6) is 1.63. The number of rotatable bonds is 2. The number of anilines is 1. The molecule has 3 aromatic rings. The van der Waals surface area contributed by atoms with Crippen LogP contribution in [0.15, 0.2) is 42.7 Å². The molecule has 0 N–H and O–H groups in total. The minimum absolute atomic E-state index is 0.186. The summed E-state index contributed by atoms with van der Waals surface area (Å²) in [5, 5.41) is 4.34. The van der Waals surface area contributed by atoms with E-state index in [1.807, 2.05) is 18.2 Å². The van der Waals surface area contributed by atoms with Gasteiger partial charge in [-0.2, -0.15) is 14.6 Å². The summed E-state index contributed by atoms with van der Waals surface area (Å²) in [6.45, 7) is 5.86. The molecule has 0 amide bonds. The average molecular weight is 309 g/mol. The quantitative estimate of drug-likeness (QED) is 0.727. The number of fused-ring (bicyclic) bond motifs is 1. The molecule has 2 aromatic heterocycles. The Morgan fingerprint density at radius 3 is 2.57 bits per heavy atom. The zero-order chi connectivity index (χ0) is 15.8. The van der Waals surface area contributed by atoms with Gasteiger partial charge in [-0.1, -0.05) is 30.3 Å². The Bertz CT molecular complexity index is 806. The van der Waals surface area contributed by atoms with E-state index in [1.54, 1.807) is 10.8 Å². The van der Waals surface area contributed by atoms with Crippen molar-refractivity contribution >= 4 is 11.6 Å². The van der Waals surface area contributed by atoms with Gasteiger partial charge < -0.3 is 9.64 Å². The van der Waals surface area contributed by atoms with Crippen molar-refractivity contribution in [2.24, 2.45) is 0 Å². The van der Waals surface area contributed by atoms with E-state index in [0.29, 0.717) is 5.78 Å². The molecule has 0 aliphatic carbocycles. The Morgan fingerprint density at radius 2 is 1.83 bits per heavy atom. The summed E-state index contributed by atoms with van der Waals surface area (Å²) in [5.41, 5.74) is 1.99. The van der Waals surface area contributed by atoms with Gasteiger partial charge in [-0.25, -0.2) is 4.98 Å². The smallest absolute Gasteiger partial charge is 0.254 e. The van der Waals surface area contributed by atoms with Crippen molar-refractivity contribution in [1.29, 1.82) is 0 Å². The summed E-state index contributed by atoms with van der Waals surface area (Å²) in [6.07, 6.45) is 1.92. The van der Waals surface area contributed by atoms with Gasteiger partial charge in [-0.15, -0.1) is 0 Å². The van der Waals surface area contributed by atoms with Crippen LogP contribution in [0.25, 0.3) is 17.0 Å². The topological polar surface area (TPSA) is 55.6 Å². The fourth-order valence-corrected chi connectivity index (χ4v) is 3.14. The summed E-state index contributed by atoms with van der Waals surface area (Å²) >= 11 is 0. The monoisotopic (exact) mass is 309 g/mol. The van der Waals surface area contributed by atoms with Crippen LogP contribution in [0, 0.1) is 0 Å². The van der Waals surface area contributed by atoms with Crippen LogP contribution >= 0.6 is 0 Å². The van der Waals surface area contributed by atoms with Crippen LogP contribution in [0.1, 0.15) is 13.8 Å². The van der Waals surface area contributed by atoms with Gasteiger partial charge >= 0.3 is 0 Å². The molecule has 0 radical (unpaired) electrons. The first-order valence-corrected chi connectivity index (χ1v) is 7.87. The van der Waals surface area contributed by atoms with E-state index in [1.165, 1.54) is 0 Å². The molecule has 1 aliphatic heterocycles. The number of hydrogen-bond donors (Lipinski definition) is 0. The van der Waals surface area contributed by atoms with Gasteiger partial charge in [0, 0.05) is 24.7 Å². The zero-order valence-corrected chi connectivity index (χ0v) is 13.3. The number of ether oxygens (including phenoxy) is 1. The first-order valence-electron chi connectivity index (χ1n) is 7.87. The average Bonchev–Trinajstić information content (AvgIpc) is 3.02. The molecule has 0 spiro atoms. The predicted octanol–water partition coefficient (Wildman–Crippen LogP) is 2.40. The van der Waals surface area contributed by atoms with Gasteiger partial charge in [0.05, 0.1) is 17.9 Å². The van der Waals surface area contributed by atoms with Crippen LogP contribution in [0.5, 0.6) is 0 Å². The van der Waals surface area contributed by atoms with Crippen LogP contribution in [0.2, 0.25) is 0 Å². The Balaban J connectivity index is 1.83. The molecule has 1 aliphatic rings. The number of benzene rings is 1. The van der Waals surface area contributed by atoms with Crippen molar-refractivity contribution < 1.29 is 4.74 Å². The normalized spacial score (nSPS) is 21.7. The molecule has 6 nitrogen and oxygen atoms in total. The van der Waals surface area contributed by atoms with Crippen molar-refractivity contribution in [3.05, 3.63) is 42.7 Å². The van der Waals surface area contributed by atoms with Gasteiger partial charge in [0.25, 0.3) is 5.78 Å². The fourth-order valence-electron chi connectivity index (χ4n) is 3.14. The molecular weight excluding hydrogens is 290 g/mol. The SMILES string of the molecule is CC1CN(c2cc(-c3ccccc3)nc3ncnn23)CC(C)O1. The van der Waals surface area contributed by atoms with Crippen molar-refractivity contribution in [3.63, 3.8) is 0 Å². The van der Waals surface area contributed by atoms with Gasteiger partial charge in [-0.05, 0) is 13.8 Å². The third-order valence-corrected chi connectivity index (χ3v) is 4.05. The molecule has 3 heterocycles. The first kappa shape index (κ1) is 14.1. The second kappa shape index (κ2) is 5.62. The lowest BCUT2D eigenvalue weighted by atomic mass is 10.1. The summed E-state index contributed by atoms with van der Waals surface area (Å²) in [7, 11) is 0. The third kappa shape index (κ3) is 2.66. The Kier molecular flexibility index (Phi) is 3.46. The first-order chi connectivity index (χ1) is 11.2. The third-order valence-electron chi connectivity index (χ3n) is 4.05. The van der Waals surface area contributed by atoms with Crippen LogP contribution in [-0.2, 0) is 4.74 Å². The maximum absolute atomic E-state index is 5.84. The number of aromatic nitrogens is 4. The highest BCUT2D eigenvalue weighted by molar-refractivity contribution is 5.65. The highest BCUT2D eigenvalue weighted by Gasteiger charge is 2.25. The van der Waals surface area contributed by atoms with E-state index >= 15 is 0 Å². The van der Waals surface area contributed by atoms with Gasteiger partial charge in [0.1, 0.15) is 12.1 Å². The maximum Gasteiger partial charge on any atom is 0.254 e. The largest absolute Gasteiger partial charge is 0.372 e. The molecule has 1 fully saturated rings. The van der Waals surface area contributed by atoms with Crippen LogP contribution in [-0.4, -0.2) is 44.9 Å². The van der Waals surface area contributed by atoms with E-state index in [2.05, 4.69) is 52.0 Å². The van der Waals surface area contributed by atoms with Crippen molar-refractivity contribution in [1.82, 2.24) is 19.6 Å². The van der Waals surface area contributed by atoms with Crippen molar-refractivity contribution in [2.45, 2.75) is 26.1 Å². The molecule has 2 unspecified atom stereocenters. The van der Waals surface area contributed by atoms with E-state index in [0.717, 1.165) is 30.2 Å². The Hall–Kier alpha value is -2.47. The van der Waals surface area contributed by atoms with Crippen LogP contribution in [0.3, 0.4) is 0 Å². The van der Waals surface area contributed by atoms with E-state index in [-0.39, 0.29) is 12.2 Å². The van der Waals surface area contributed by atoms with E-state index in [9.17, 15) is 0 Å². The molecule has 2 atom stereocenters. The number of morpholine rings is 1. The zero-order valence-electron chi connectivity index (χ0n) is 13.3. The summed E-state index contributed by atoms with van der Waals surface area (Å²) in [4.78, 5) is 11.2. The predicted molar refractivity (Wildman–Crippen MR) is 88.4 cm³/mol. The minimum Gasteiger partial charge on any atom is -0.372 e. The molecular formula is C17H19N5O. The van der Waals surface area contributed by atoms with Crippen molar-refractivity contribution in [3.8, 4) is 11.3 Å². The number of hydrogen-bond acceptors (Lipinski definition) is 5. The highest BCUT2D eigenvalue weighted by Crippen LogP contribution is 2.25. The van der Waals surface area contributed by atoms with Crippen LogP contribution < -0.4 is 4.90 Å². The molecule has 118 valence electrons. The Labute approximate surface area is 134 Å². The van der Waals surface area contributed by atoms with Gasteiger partial charge in [0.15, 0.2) is 0 Å². The lowest BCUT2D eigenvalue weighted by Crippen LogP contribution is -2.46. The molecule has 0 bridgehead atoms. The summed E-state index contributed by atoms with van der Waals surface area (Å²) < 4.78 is 7.65. The van der Waals surface area contributed by atoms with E-state index < -0.39 is 0 Å². The lowest BCUT2D eigenvalue weighted by molar-refractivity contribution is -0.00557. The fraction of sp³-hybridized carbons (Fsp3) is 0.353. The molecule has 4 rings (SSSR count). The lowest BCUT2D eigenvalue weighted by Gasteiger charge is -2.36. The molecule has 1 aromatic carbocycles. The van der Waals surface area contributed by atoms with Crippen LogP contribution in [0.4, 0.5) is 5.82 Å². The van der Waals surface area contributed by atoms with E-state index in [4.69, 9.17) is 4.74 Å².